The highest BCUT2D eigenvalue weighted by atomic mass is 16.5. The van der Waals surface area contributed by atoms with Gasteiger partial charge in [-0.2, -0.15) is 0 Å². The number of morpholine rings is 1. The molecule has 0 saturated carbocycles. The van der Waals surface area contributed by atoms with Crippen LogP contribution in [0, 0.1) is 0 Å². The molecule has 2 aromatic carbocycles. The van der Waals surface area contributed by atoms with Crippen LogP contribution in [0.4, 0.5) is 0 Å². The lowest BCUT2D eigenvalue weighted by molar-refractivity contribution is 0.0375. The van der Waals surface area contributed by atoms with Gasteiger partial charge in [0.1, 0.15) is 0 Å². The third kappa shape index (κ3) is 3.93. The Balaban J connectivity index is 1.63. The zero-order chi connectivity index (χ0) is 14.3. The Bertz CT molecular complexity index is 547. The molecule has 0 bridgehead atoms. The Kier molecular flexibility index (Phi) is 5.03. The van der Waals surface area contributed by atoms with Crippen LogP contribution in [0.3, 0.4) is 0 Å². The lowest BCUT2D eigenvalue weighted by Crippen LogP contribution is -2.36. The van der Waals surface area contributed by atoms with E-state index < -0.39 is 0 Å². The molecule has 0 spiro atoms. The number of nitrogens with zero attached hydrogens (tertiary/aromatic N) is 1. The molecule has 1 saturated heterocycles. The van der Waals surface area contributed by atoms with Crippen LogP contribution >= 0.6 is 0 Å². The zero-order valence-electron chi connectivity index (χ0n) is 12.5. The monoisotopic (exact) mass is 281 g/mol. The van der Waals surface area contributed by atoms with E-state index >= 15 is 0 Å². The van der Waals surface area contributed by atoms with E-state index in [4.69, 9.17) is 4.74 Å². The second-order valence-corrected chi connectivity index (χ2v) is 5.58. The number of hydrogen-bond acceptors (Lipinski definition) is 2. The molecular formula is C19H23NO. The standard InChI is InChI=1S/C19H23NO/c1-2-7-17(8-3-1)19-11-5-4-9-18(19)10-6-12-20-13-15-21-16-14-20/h1-5,7-9,11H,6,10,12-16H2. The lowest BCUT2D eigenvalue weighted by Gasteiger charge is -2.26. The Hall–Kier alpha value is -1.64. The molecule has 0 unspecified atom stereocenters. The molecule has 110 valence electrons. The van der Waals surface area contributed by atoms with E-state index in [1.807, 2.05) is 0 Å². The maximum atomic E-state index is 5.40. The molecule has 0 aromatic heterocycles. The zero-order valence-corrected chi connectivity index (χ0v) is 12.5. The van der Waals surface area contributed by atoms with E-state index in [0.29, 0.717) is 0 Å². The highest BCUT2D eigenvalue weighted by molar-refractivity contribution is 5.67. The fourth-order valence-corrected chi connectivity index (χ4v) is 2.96. The van der Waals surface area contributed by atoms with Gasteiger partial charge in [-0.15, -0.1) is 0 Å². The third-order valence-corrected chi connectivity index (χ3v) is 4.13. The predicted octanol–water partition coefficient (Wildman–Crippen LogP) is 3.62. The van der Waals surface area contributed by atoms with Crippen LogP contribution in [0.5, 0.6) is 0 Å². The summed E-state index contributed by atoms with van der Waals surface area (Å²) in [6.07, 6.45) is 2.35. The molecule has 21 heavy (non-hydrogen) atoms. The van der Waals surface area contributed by atoms with E-state index in [-0.39, 0.29) is 0 Å². The molecule has 0 atom stereocenters. The van der Waals surface area contributed by atoms with Gasteiger partial charge >= 0.3 is 0 Å². The molecule has 2 heteroatoms. The summed E-state index contributed by atoms with van der Waals surface area (Å²) in [5.41, 5.74) is 4.15. The molecule has 1 heterocycles. The molecule has 0 N–H and O–H groups in total. The first-order chi connectivity index (χ1) is 10.4. The van der Waals surface area contributed by atoms with Crippen molar-refractivity contribution in [3.05, 3.63) is 60.2 Å². The molecule has 0 amide bonds. The van der Waals surface area contributed by atoms with Crippen molar-refractivity contribution in [2.75, 3.05) is 32.8 Å². The normalized spacial score (nSPS) is 16.0. The van der Waals surface area contributed by atoms with Crippen LogP contribution in [0.2, 0.25) is 0 Å². The van der Waals surface area contributed by atoms with E-state index in [2.05, 4.69) is 59.5 Å². The minimum Gasteiger partial charge on any atom is -0.379 e. The summed E-state index contributed by atoms with van der Waals surface area (Å²) < 4.78 is 5.40. The van der Waals surface area contributed by atoms with E-state index in [1.165, 1.54) is 29.7 Å². The summed E-state index contributed by atoms with van der Waals surface area (Å²) in [6, 6.07) is 19.5. The quantitative estimate of drug-likeness (QED) is 0.830. The van der Waals surface area contributed by atoms with Crippen molar-refractivity contribution in [2.24, 2.45) is 0 Å². The van der Waals surface area contributed by atoms with E-state index in [1.54, 1.807) is 0 Å². The van der Waals surface area contributed by atoms with Crippen molar-refractivity contribution >= 4 is 0 Å². The average molecular weight is 281 g/mol. The van der Waals surface area contributed by atoms with Crippen molar-refractivity contribution in [1.29, 1.82) is 0 Å². The topological polar surface area (TPSA) is 12.5 Å². The van der Waals surface area contributed by atoms with Crippen LogP contribution in [0.25, 0.3) is 11.1 Å². The van der Waals surface area contributed by atoms with Gasteiger partial charge in [0, 0.05) is 13.1 Å². The van der Waals surface area contributed by atoms with Gasteiger partial charge in [0.25, 0.3) is 0 Å². The van der Waals surface area contributed by atoms with E-state index in [0.717, 1.165) is 32.7 Å². The van der Waals surface area contributed by atoms with Crippen LogP contribution < -0.4 is 0 Å². The second kappa shape index (κ2) is 7.39. The van der Waals surface area contributed by atoms with Crippen LogP contribution in [-0.2, 0) is 11.2 Å². The van der Waals surface area contributed by atoms with Crippen molar-refractivity contribution in [2.45, 2.75) is 12.8 Å². The first-order valence-electron chi connectivity index (χ1n) is 7.87. The fraction of sp³-hybridized carbons (Fsp3) is 0.368. The summed E-state index contributed by atoms with van der Waals surface area (Å²) in [7, 11) is 0. The predicted molar refractivity (Wildman–Crippen MR) is 87.5 cm³/mol. The first kappa shape index (κ1) is 14.3. The summed E-state index contributed by atoms with van der Waals surface area (Å²) in [6.45, 7) is 5.12. The Morgan fingerprint density at radius 1 is 0.857 bits per heavy atom. The number of rotatable bonds is 5. The number of ether oxygens (including phenoxy) is 1. The van der Waals surface area contributed by atoms with Crippen molar-refractivity contribution in [3.63, 3.8) is 0 Å². The van der Waals surface area contributed by atoms with E-state index in [9.17, 15) is 0 Å². The van der Waals surface area contributed by atoms with Gasteiger partial charge in [-0.05, 0) is 36.1 Å². The van der Waals surface area contributed by atoms with Crippen molar-refractivity contribution in [3.8, 4) is 11.1 Å². The first-order valence-corrected chi connectivity index (χ1v) is 7.87. The van der Waals surface area contributed by atoms with Gasteiger partial charge < -0.3 is 4.74 Å². The summed E-state index contributed by atoms with van der Waals surface area (Å²) >= 11 is 0. The smallest absolute Gasteiger partial charge is 0.0594 e. The van der Waals surface area contributed by atoms with Gasteiger partial charge in [0.15, 0.2) is 0 Å². The van der Waals surface area contributed by atoms with Crippen LogP contribution in [0.1, 0.15) is 12.0 Å². The average Bonchev–Trinajstić information content (AvgIpc) is 2.57. The second-order valence-electron chi connectivity index (χ2n) is 5.58. The highest BCUT2D eigenvalue weighted by Gasteiger charge is 2.10. The molecular weight excluding hydrogens is 258 g/mol. The largest absolute Gasteiger partial charge is 0.379 e. The fourth-order valence-electron chi connectivity index (χ4n) is 2.96. The Labute approximate surface area is 127 Å². The highest BCUT2D eigenvalue weighted by Crippen LogP contribution is 2.24. The Morgan fingerprint density at radius 3 is 2.38 bits per heavy atom. The summed E-state index contributed by atoms with van der Waals surface area (Å²) in [5.74, 6) is 0. The number of aryl methyl sites for hydroxylation is 1. The molecule has 3 rings (SSSR count). The van der Waals surface area contributed by atoms with Gasteiger partial charge in [-0.1, -0.05) is 54.6 Å². The molecule has 1 aliphatic heterocycles. The summed E-state index contributed by atoms with van der Waals surface area (Å²) in [5, 5.41) is 0. The minimum absolute atomic E-state index is 0.889. The SMILES string of the molecule is c1ccc(-c2ccccc2CCCN2CCOCC2)cc1. The van der Waals surface area contributed by atoms with Gasteiger partial charge in [0.05, 0.1) is 13.2 Å². The molecule has 1 aliphatic rings. The van der Waals surface area contributed by atoms with Gasteiger partial charge in [-0.3, -0.25) is 4.90 Å². The third-order valence-electron chi connectivity index (χ3n) is 4.13. The summed E-state index contributed by atoms with van der Waals surface area (Å²) in [4.78, 5) is 2.51. The maximum Gasteiger partial charge on any atom is 0.0594 e. The molecule has 2 nitrogen and oxygen atoms in total. The van der Waals surface area contributed by atoms with Crippen molar-refractivity contribution in [1.82, 2.24) is 4.90 Å². The molecule has 2 aromatic rings. The molecule has 0 aliphatic carbocycles. The minimum atomic E-state index is 0.889. The lowest BCUT2D eigenvalue weighted by atomic mass is 9.97. The Morgan fingerprint density at radius 2 is 1.57 bits per heavy atom. The molecule has 1 fully saturated rings. The van der Waals surface area contributed by atoms with Crippen LogP contribution in [-0.4, -0.2) is 37.7 Å². The van der Waals surface area contributed by atoms with Gasteiger partial charge in [0.2, 0.25) is 0 Å². The van der Waals surface area contributed by atoms with Crippen molar-refractivity contribution < 1.29 is 4.74 Å². The molecule has 0 radical (unpaired) electrons. The van der Waals surface area contributed by atoms with Gasteiger partial charge in [-0.25, -0.2) is 0 Å². The number of hydrogen-bond donors (Lipinski definition) is 0. The van der Waals surface area contributed by atoms with Crippen LogP contribution in [0.15, 0.2) is 54.6 Å². The number of benzene rings is 2. The maximum absolute atomic E-state index is 5.40.